The molecule has 0 radical (unpaired) electrons. The molecule has 0 unspecified atom stereocenters. The molecule has 30 heavy (non-hydrogen) atoms. The summed E-state index contributed by atoms with van der Waals surface area (Å²) in [5, 5.41) is 18.0. The van der Waals surface area contributed by atoms with E-state index < -0.39 is 5.97 Å². The second kappa shape index (κ2) is 9.03. The smallest absolute Gasteiger partial charge is 0.321 e. The van der Waals surface area contributed by atoms with E-state index in [9.17, 15) is 4.79 Å². The second-order valence-electron chi connectivity index (χ2n) is 6.12. The Hall–Kier alpha value is -3.96. The van der Waals surface area contributed by atoms with Crippen LogP contribution in [0.5, 0.6) is 5.75 Å². The van der Waals surface area contributed by atoms with E-state index in [0.717, 1.165) is 11.3 Å². The summed E-state index contributed by atoms with van der Waals surface area (Å²) in [6, 6.07) is 21.8. The molecule has 2 aromatic heterocycles. The Morgan fingerprint density at radius 1 is 1.03 bits per heavy atom. The van der Waals surface area contributed by atoms with Gasteiger partial charge in [-0.25, -0.2) is 0 Å². The van der Waals surface area contributed by atoms with Gasteiger partial charge in [0, 0.05) is 23.6 Å². The van der Waals surface area contributed by atoms with Gasteiger partial charge in [-0.15, -0.1) is 10.2 Å². The van der Waals surface area contributed by atoms with Gasteiger partial charge < -0.3 is 4.74 Å². The summed E-state index contributed by atoms with van der Waals surface area (Å²) in [5.74, 6) is 0.658. The van der Waals surface area contributed by atoms with Gasteiger partial charge in [0.1, 0.15) is 5.75 Å². The number of carbonyl (C=O) groups is 1. The number of rotatable bonds is 6. The van der Waals surface area contributed by atoms with Crippen molar-refractivity contribution in [2.45, 2.75) is 5.16 Å². The maximum Gasteiger partial charge on any atom is 0.321 e. The molecule has 0 aliphatic carbocycles. The predicted octanol–water partition coefficient (Wildman–Crippen LogP) is 3.90. The van der Waals surface area contributed by atoms with Crippen molar-refractivity contribution in [3.63, 3.8) is 0 Å². The van der Waals surface area contributed by atoms with Crippen LogP contribution in [0.3, 0.4) is 0 Å². The van der Waals surface area contributed by atoms with Crippen LogP contribution in [-0.2, 0) is 4.79 Å². The Balaban J connectivity index is 1.54. The van der Waals surface area contributed by atoms with Crippen molar-refractivity contribution < 1.29 is 9.53 Å². The van der Waals surface area contributed by atoms with E-state index in [2.05, 4.69) is 15.2 Å². The Morgan fingerprint density at radius 2 is 1.83 bits per heavy atom. The predicted molar refractivity (Wildman–Crippen MR) is 112 cm³/mol. The number of benzene rings is 2. The Morgan fingerprint density at radius 3 is 2.53 bits per heavy atom. The number of nitrogens with zero attached hydrogens (tertiary/aromatic N) is 5. The molecule has 7 nitrogen and oxygen atoms in total. The van der Waals surface area contributed by atoms with Crippen molar-refractivity contribution in [3.05, 3.63) is 84.7 Å². The maximum absolute atomic E-state index is 12.3. The number of ether oxygens (including phenoxy) is 1. The molecule has 8 heteroatoms. The summed E-state index contributed by atoms with van der Waals surface area (Å²) in [6.07, 6.45) is 3.42. The Kier molecular flexibility index (Phi) is 5.83. The van der Waals surface area contributed by atoms with Crippen molar-refractivity contribution in [1.82, 2.24) is 19.7 Å². The molecule has 146 valence electrons. The molecule has 2 heterocycles. The summed E-state index contributed by atoms with van der Waals surface area (Å²) in [7, 11) is 0. The van der Waals surface area contributed by atoms with Crippen molar-refractivity contribution in [2.75, 3.05) is 5.75 Å². The van der Waals surface area contributed by atoms with Crippen LogP contribution in [0, 0.1) is 11.3 Å². The highest BCUT2D eigenvalue weighted by atomic mass is 32.2. The highest BCUT2D eigenvalue weighted by Gasteiger charge is 2.18. The number of thioether (sulfide) groups is 1. The molecule has 0 amide bonds. The quantitative estimate of drug-likeness (QED) is 0.269. The van der Waals surface area contributed by atoms with Crippen LogP contribution < -0.4 is 4.74 Å². The lowest BCUT2D eigenvalue weighted by Crippen LogP contribution is -2.11. The first-order chi connectivity index (χ1) is 14.7. The van der Waals surface area contributed by atoms with Crippen molar-refractivity contribution in [2.24, 2.45) is 0 Å². The minimum absolute atomic E-state index is 0.0536. The summed E-state index contributed by atoms with van der Waals surface area (Å²) in [4.78, 5) is 16.4. The molecule has 0 saturated heterocycles. The van der Waals surface area contributed by atoms with Gasteiger partial charge in [-0.05, 0) is 48.5 Å². The fraction of sp³-hybridized carbons (Fsp3) is 0.0455. The van der Waals surface area contributed by atoms with Crippen molar-refractivity contribution in [1.29, 1.82) is 5.26 Å². The molecule has 0 spiro atoms. The monoisotopic (exact) mass is 413 g/mol. The zero-order valence-corrected chi connectivity index (χ0v) is 16.5. The molecule has 0 N–H and O–H groups in total. The summed E-state index contributed by atoms with van der Waals surface area (Å²) < 4.78 is 7.22. The minimum Gasteiger partial charge on any atom is -0.426 e. The molecular formula is C22H15N5O2S. The molecule has 0 fully saturated rings. The van der Waals surface area contributed by atoms with Gasteiger partial charge in [-0.1, -0.05) is 30.0 Å². The average molecular weight is 413 g/mol. The molecular weight excluding hydrogens is 398 g/mol. The number of carbonyl (C=O) groups excluding carboxylic acids is 1. The van der Waals surface area contributed by atoms with Crippen molar-refractivity contribution >= 4 is 17.7 Å². The number of hydrogen-bond donors (Lipinski definition) is 0. The third kappa shape index (κ3) is 4.37. The zero-order chi connectivity index (χ0) is 20.8. The van der Waals surface area contributed by atoms with E-state index in [1.165, 1.54) is 11.8 Å². The lowest BCUT2D eigenvalue weighted by Gasteiger charge is -2.10. The first-order valence-corrected chi connectivity index (χ1v) is 9.98. The fourth-order valence-electron chi connectivity index (χ4n) is 2.74. The van der Waals surface area contributed by atoms with Crippen LogP contribution in [0.4, 0.5) is 0 Å². The number of pyridine rings is 1. The topological polar surface area (TPSA) is 93.7 Å². The van der Waals surface area contributed by atoms with Gasteiger partial charge in [0.25, 0.3) is 0 Å². The third-order valence-corrected chi connectivity index (χ3v) is 5.00. The van der Waals surface area contributed by atoms with Crippen LogP contribution >= 0.6 is 11.8 Å². The molecule has 0 aliphatic rings. The van der Waals surface area contributed by atoms with E-state index in [0.29, 0.717) is 22.3 Å². The van der Waals surface area contributed by atoms with Crippen LogP contribution in [0.2, 0.25) is 0 Å². The number of esters is 1. The van der Waals surface area contributed by atoms with Gasteiger partial charge in [0.2, 0.25) is 0 Å². The van der Waals surface area contributed by atoms with E-state index in [-0.39, 0.29) is 5.75 Å². The summed E-state index contributed by atoms with van der Waals surface area (Å²) in [5.41, 5.74) is 2.20. The summed E-state index contributed by atoms with van der Waals surface area (Å²) in [6.45, 7) is 0. The largest absolute Gasteiger partial charge is 0.426 e. The van der Waals surface area contributed by atoms with Crippen LogP contribution in [-0.4, -0.2) is 31.5 Å². The van der Waals surface area contributed by atoms with E-state index in [4.69, 9.17) is 10.00 Å². The van der Waals surface area contributed by atoms with Crippen molar-refractivity contribution in [3.8, 4) is 28.9 Å². The highest BCUT2D eigenvalue weighted by molar-refractivity contribution is 7.99. The lowest BCUT2D eigenvalue weighted by molar-refractivity contribution is -0.131. The summed E-state index contributed by atoms with van der Waals surface area (Å²) >= 11 is 1.23. The van der Waals surface area contributed by atoms with Crippen LogP contribution in [0.1, 0.15) is 5.56 Å². The van der Waals surface area contributed by atoms with Gasteiger partial charge in [-0.2, -0.15) is 5.26 Å². The highest BCUT2D eigenvalue weighted by Crippen LogP contribution is 2.27. The maximum atomic E-state index is 12.3. The number of nitriles is 1. The van der Waals surface area contributed by atoms with Crippen LogP contribution in [0.25, 0.3) is 17.1 Å². The molecule has 0 aliphatic heterocycles. The average Bonchev–Trinajstić information content (AvgIpc) is 3.23. The van der Waals surface area contributed by atoms with Gasteiger partial charge in [0.15, 0.2) is 11.0 Å². The third-order valence-electron chi connectivity index (χ3n) is 4.10. The van der Waals surface area contributed by atoms with E-state index in [1.807, 2.05) is 53.1 Å². The lowest BCUT2D eigenvalue weighted by atomic mass is 10.2. The number of aromatic nitrogens is 4. The van der Waals surface area contributed by atoms with E-state index >= 15 is 0 Å². The zero-order valence-electron chi connectivity index (χ0n) is 15.7. The minimum atomic E-state index is -0.421. The number of hydrogen-bond acceptors (Lipinski definition) is 7. The Labute approximate surface area is 177 Å². The first-order valence-electron chi connectivity index (χ1n) is 8.99. The molecule has 4 rings (SSSR count). The van der Waals surface area contributed by atoms with Gasteiger partial charge >= 0.3 is 5.97 Å². The number of para-hydroxylation sites is 1. The van der Waals surface area contributed by atoms with Crippen LogP contribution in [0.15, 0.2) is 84.3 Å². The molecule has 2 aromatic carbocycles. The van der Waals surface area contributed by atoms with Gasteiger partial charge in [0.05, 0.1) is 17.4 Å². The molecule has 4 aromatic rings. The normalized spacial score (nSPS) is 10.4. The van der Waals surface area contributed by atoms with E-state index in [1.54, 1.807) is 36.7 Å². The molecule has 0 saturated carbocycles. The first kappa shape index (κ1) is 19.4. The fourth-order valence-corrected chi connectivity index (χ4v) is 3.46. The SMILES string of the molecule is N#Cc1ccc(OC(=O)CSc2nnc(-c3cccnc3)n2-c2ccccc2)cc1. The second-order valence-corrected chi connectivity index (χ2v) is 7.06. The standard InChI is InChI=1S/C22H15N5O2S/c23-13-16-8-10-19(11-9-16)29-20(28)15-30-22-26-25-21(17-5-4-12-24-14-17)27(22)18-6-2-1-3-7-18/h1-12,14H,15H2. The van der Waals surface area contributed by atoms with Gasteiger partial charge in [-0.3, -0.25) is 14.3 Å². The Bertz CT molecular complexity index is 1190. The molecule has 0 atom stereocenters. The molecule has 0 bridgehead atoms.